The summed E-state index contributed by atoms with van der Waals surface area (Å²) >= 11 is 0. The molecule has 4 amide bonds. The fourth-order valence-electron chi connectivity index (χ4n) is 4.56. The number of hydrogen-bond donors (Lipinski definition) is 2. The van der Waals surface area contributed by atoms with Gasteiger partial charge in [-0.05, 0) is 31.0 Å². The maximum Gasteiger partial charge on any atom is 0.326 e. The smallest absolute Gasteiger partial charge is 0.325 e. The zero-order valence-electron chi connectivity index (χ0n) is 17.0. The molecule has 9 heteroatoms. The van der Waals surface area contributed by atoms with Crippen LogP contribution in [0, 0.1) is 5.82 Å². The van der Waals surface area contributed by atoms with Crippen LogP contribution < -0.4 is 10.6 Å². The largest absolute Gasteiger partial charge is 0.326 e. The quantitative estimate of drug-likeness (QED) is 0.711. The molecule has 0 unspecified atom stereocenters. The minimum Gasteiger partial charge on any atom is -0.325 e. The van der Waals surface area contributed by atoms with Gasteiger partial charge in [-0.25, -0.2) is 14.1 Å². The van der Waals surface area contributed by atoms with Crippen LogP contribution in [0.15, 0.2) is 24.3 Å². The van der Waals surface area contributed by atoms with Gasteiger partial charge in [-0.15, -0.1) is 0 Å². The molecule has 0 radical (unpaired) electrons. The summed E-state index contributed by atoms with van der Waals surface area (Å²) in [7, 11) is 0. The third-order valence-electron chi connectivity index (χ3n) is 6.23. The summed E-state index contributed by atoms with van der Waals surface area (Å²) in [5.74, 6) is -0.677. The van der Waals surface area contributed by atoms with Crippen molar-refractivity contribution < 1.29 is 18.8 Å². The van der Waals surface area contributed by atoms with Crippen molar-refractivity contribution in [1.29, 1.82) is 0 Å². The molecular formula is C21H28FN5O3. The third-order valence-corrected chi connectivity index (χ3v) is 6.23. The highest BCUT2D eigenvalue weighted by Crippen LogP contribution is 2.33. The van der Waals surface area contributed by atoms with E-state index in [2.05, 4.69) is 15.5 Å². The molecule has 1 aliphatic carbocycles. The number of urea groups is 1. The Morgan fingerprint density at radius 3 is 2.47 bits per heavy atom. The first kappa shape index (κ1) is 20.7. The standard InChI is InChI=1S/C21H28FN5O3/c22-16-5-4-6-17(13-16)23-18(28)14-25-9-11-26(12-10-25)15-27-19(29)21(24-20(27)30)7-2-1-3-8-21/h4-6,13H,1-3,7-12,14-15H2,(H,23,28)(H,24,30). The fraction of sp³-hybridized carbons (Fsp3) is 0.571. The van der Waals surface area contributed by atoms with Crippen molar-refractivity contribution in [2.24, 2.45) is 0 Å². The van der Waals surface area contributed by atoms with E-state index in [0.29, 0.717) is 31.9 Å². The Labute approximate surface area is 175 Å². The van der Waals surface area contributed by atoms with Crippen LogP contribution in [-0.4, -0.2) is 77.5 Å². The van der Waals surface area contributed by atoms with Gasteiger partial charge in [0.15, 0.2) is 0 Å². The molecule has 3 aliphatic rings. The molecular weight excluding hydrogens is 389 g/mol. The monoisotopic (exact) mass is 417 g/mol. The first-order chi connectivity index (χ1) is 14.4. The molecule has 0 aromatic heterocycles. The number of carbonyl (C=O) groups is 3. The number of nitrogens with zero attached hydrogens (tertiary/aromatic N) is 3. The number of hydrogen-bond acceptors (Lipinski definition) is 5. The summed E-state index contributed by atoms with van der Waals surface area (Å²) in [4.78, 5) is 43.0. The second kappa shape index (κ2) is 8.69. The highest BCUT2D eigenvalue weighted by molar-refractivity contribution is 6.07. The molecule has 4 rings (SSSR count). The average molecular weight is 417 g/mol. The maximum atomic E-state index is 13.2. The molecule has 1 spiro atoms. The minimum atomic E-state index is -0.688. The predicted molar refractivity (Wildman–Crippen MR) is 109 cm³/mol. The Balaban J connectivity index is 1.24. The molecule has 0 bridgehead atoms. The Kier molecular flexibility index (Phi) is 6.01. The van der Waals surface area contributed by atoms with Crippen molar-refractivity contribution in [2.75, 3.05) is 44.7 Å². The lowest BCUT2D eigenvalue weighted by Gasteiger charge is -2.36. The summed E-state index contributed by atoms with van der Waals surface area (Å²) < 4.78 is 13.2. The van der Waals surface area contributed by atoms with E-state index in [0.717, 1.165) is 32.1 Å². The van der Waals surface area contributed by atoms with Gasteiger partial charge in [-0.3, -0.25) is 19.4 Å². The van der Waals surface area contributed by atoms with Gasteiger partial charge in [0.05, 0.1) is 13.2 Å². The first-order valence-electron chi connectivity index (χ1n) is 10.6. The highest BCUT2D eigenvalue weighted by atomic mass is 19.1. The number of carbonyl (C=O) groups excluding carboxylic acids is 3. The fourth-order valence-corrected chi connectivity index (χ4v) is 4.56. The average Bonchev–Trinajstić information content (AvgIpc) is 2.94. The van der Waals surface area contributed by atoms with E-state index in [1.54, 1.807) is 12.1 Å². The minimum absolute atomic E-state index is 0.0934. The molecule has 2 saturated heterocycles. The van der Waals surface area contributed by atoms with Gasteiger partial charge in [-0.1, -0.05) is 25.3 Å². The molecule has 2 N–H and O–H groups in total. The van der Waals surface area contributed by atoms with Gasteiger partial charge in [0.2, 0.25) is 5.91 Å². The number of amides is 4. The first-order valence-corrected chi connectivity index (χ1v) is 10.6. The lowest BCUT2D eigenvalue weighted by molar-refractivity contribution is -0.134. The van der Waals surface area contributed by atoms with Crippen LogP contribution in [-0.2, 0) is 9.59 Å². The SMILES string of the molecule is O=C(CN1CCN(CN2C(=O)NC3(CCCCC3)C2=O)CC1)Nc1cccc(F)c1. The van der Waals surface area contributed by atoms with E-state index in [1.165, 1.54) is 17.0 Å². The van der Waals surface area contributed by atoms with E-state index in [1.807, 2.05) is 4.90 Å². The number of imide groups is 1. The van der Waals surface area contributed by atoms with E-state index < -0.39 is 11.4 Å². The Morgan fingerprint density at radius 2 is 1.77 bits per heavy atom. The van der Waals surface area contributed by atoms with Crippen molar-refractivity contribution >= 4 is 23.5 Å². The van der Waals surface area contributed by atoms with Crippen molar-refractivity contribution in [3.05, 3.63) is 30.1 Å². The maximum absolute atomic E-state index is 13.2. The molecule has 1 aromatic rings. The highest BCUT2D eigenvalue weighted by Gasteiger charge is 2.51. The van der Waals surface area contributed by atoms with Crippen molar-refractivity contribution in [1.82, 2.24) is 20.0 Å². The summed E-state index contributed by atoms with van der Waals surface area (Å²) in [6.45, 7) is 3.15. The van der Waals surface area contributed by atoms with Gasteiger partial charge < -0.3 is 10.6 Å². The molecule has 0 atom stereocenters. The molecule has 1 aromatic carbocycles. The second-order valence-corrected chi connectivity index (χ2v) is 8.40. The van der Waals surface area contributed by atoms with Crippen LogP contribution in [0.5, 0.6) is 0 Å². The molecule has 1 saturated carbocycles. The topological polar surface area (TPSA) is 85.0 Å². The number of benzene rings is 1. The van der Waals surface area contributed by atoms with Gasteiger partial charge in [0.25, 0.3) is 5.91 Å². The van der Waals surface area contributed by atoms with Crippen molar-refractivity contribution in [3.63, 3.8) is 0 Å². The third kappa shape index (κ3) is 4.46. The number of halogens is 1. The number of piperazine rings is 1. The van der Waals surface area contributed by atoms with Gasteiger partial charge >= 0.3 is 6.03 Å². The summed E-state index contributed by atoms with van der Waals surface area (Å²) in [5, 5.41) is 5.65. The van der Waals surface area contributed by atoms with Crippen LogP contribution in [0.2, 0.25) is 0 Å². The Morgan fingerprint density at radius 1 is 1.07 bits per heavy atom. The molecule has 2 heterocycles. The second-order valence-electron chi connectivity index (χ2n) is 8.40. The molecule has 2 aliphatic heterocycles. The van der Waals surface area contributed by atoms with Crippen LogP contribution >= 0.6 is 0 Å². The van der Waals surface area contributed by atoms with Crippen LogP contribution in [0.3, 0.4) is 0 Å². The molecule has 162 valence electrons. The Hall–Kier alpha value is -2.52. The van der Waals surface area contributed by atoms with Crippen LogP contribution in [0.4, 0.5) is 14.9 Å². The lowest BCUT2D eigenvalue weighted by Crippen LogP contribution is -2.53. The van der Waals surface area contributed by atoms with Crippen molar-refractivity contribution in [2.45, 2.75) is 37.6 Å². The van der Waals surface area contributed by atoms with E-state index >= 15 is 0 Å². The van der Waals surface area contributed by atoms with E-state index in [4.69, 9.17) is 0 Å². The van der Waals surface area contributed by atoms with Gasteiger partial charge in [-0.2, -0.15) is 0 Å². The van der Waals surface area contributed by atoms with Crippen molar-refractivity contribution in [3.8, 4) is 0 Å². The normalized spacial score (nSPS) is 22.4. The predicted octanol–water partition coefficient (Wildman–Crippen LogP) is 1.59. The number of rotatable bonds is 5. The van der Waals surface area contributed by atoms with Crippen LogP contribution in [0.1, 0.15) is 32.1 Å². The zero-order valence-corrected chi connectivity index (χ0v) is 17.0. The zero-order chi connectivity index (χ0) is 21.1. The number of nitrogens with one attached hydrogen (secondary N) is 2. The van der Waals surface area contributed by atoms with Crippen LogP contribution in [0.25, 0.3) is 0 Å². The molecule has 30 heavy (non-hydrogen) atoms. The van der Waals surface area contributed by atoms with Gasteiger partial charge in [0, 0.05) is 31.9 Å². The molecule has 8 nitrogen and oxygen atoms in total. The lowest BCUT2D eigenvalue weighted by atomic mass is 9.82. The summed E-state index contributed by atoms with van der Waals surface area (Å²) in [6, 6.07) is 5.52. The van der Waals surface area contributed by atoms with Gasteiger partial charge in [0.1, 0.15) is 11.4 Å². The number of anilines is 1. The summed E-state index contributed by atoms with van der Waals surface area (Å²) in [5.41, 5.74) is -0.250. The van der Waals surface area contributed by atoms with E-state index in [9.17, 15) is 18.8 Å². The summed E-state index contributed by atoms with van der Waals surface area (Å²) in [6.07, 6.45) is 4.50. The van der Waals surface area contributed by atoms with E-state index in [-0.39, 0.29) is 31.1 Å². The Bertz CT molecular complexity index is 819. The molecule has 3 fully saturated rings.